The van der Waals surface area contributed by atoms with Crippen LogP contribution in [0, 0.1) is 13.8 Å². The van der Waals surface area contributed by atoms with Gasteiger partial charge in [0.2, 0.25) is 24.0 Å². The maximum atomic E-state index is 12.9. The van der Waals surface area contributed by atoms with Gasteiger partial charge in [-0.3, -0.25) is 4.79 Å². The highest BCUT2D eigenvalue weighted by atomic mass is 32.2. The molecule has 1 amide bonds. The first-order chi connectivity index (χ1) is 16.3. The van der Waals surface area contributed by atoms with Gasteiger partial charge in [0.15, 0.2) is 0 Å². The lowest BCUT2D eigenvalue weighted by atomic mass is 9.81. The number of alkyl halides is 2. The number of aromatic nitrogens is 4. The van der Waals surface area contributed by atoms with Gasteiger partial charge in [0.05, 0.1) is 0 Å². The number of hydrogen-bond acceptors (Lipinski definition) is 7. The van der Waals surface area contributed by atoms with E-state index in [9.17, 15) is 13.6 Å². The van der Waals surface area contributed by atoms with Crippen LogP contribution in [0.15, 0.2) is 47.2 Å². The number of aryl methyl sites for hydroxylation is 2. The number of amides is 1. The molecule has 0 saturated heterocycles. The predicted octanol–water partition coefficient (Wildman–Crippen LogP) is 5.46. The summed E-state index contributed by atoms with van der Waals surface area (Å²) in [6.07, 6.45) is 5.99. The number of fused-ring (bicyclic) bond motifs is 1. The Morgan fingerprint density at radius 3 is 2.74 bits per heavy atom. The van der Waals surface area contributed by atoms with Crippen LogP contribution in [0.4, 0.5) is 20.2 Å². The number of rotatable bonds is 6. The van der Waals surface area contributed by atoms with Gasteiger partial charge in [0.25, 0.3) is 0 Å². The van der Waals surface area contributed by atoms with Gasteiger partial charge in [0, 0.05) is 66.1 Å². The fraction of sp³-hybridized carbons (Fsp3) is 0.304. The summed E-state index contributed by atoms with van der Waals surface area (Å²) in [5, 5.41) is 6.40. The van der Waals surface area contributed by atoms with Gasteiger partial charge in [-0.2, -0.15) is 4.98 Å². The number of nitrogens with zero attached hydrogens (tertiary/aromatic N) is 4. The third kappa shape index (κ3) is 5.19. The Kier molecular flexibility index (Phi) is 6.82. The summed E-state index contributed by atoms with van der Waals surface area (Å²) in [5.74, 6) is -2.43. The summed E-state index contributed by atoms with van der Waals surface area (Å²) in [6.45, 7) is 3.90. The number of halogens is 2. The molecule has 1 aliphatic rings. The van der Waals surface area contributed by atoms with Crippen molar-refractivity contribution in [2.45, 2.75) is 38.5 Å². The average molecular weight is 487 g/mol. The number of imidazole rings is 1. The summed E-state index contributed by atoms with van der Waals surface area (Å²) in [5.41, 5.74) is 5.43. The molecule has 0 atom stereocenters. The van der Waals surface area contributed by atoms with Crippen molar-refractivity contribution in [1.82, 2.24) is 19.5 Å². The van der Waals surface area contributed by atoms with Crippen molar-refractivity contribution in [2.24, 2.45) is 0 Å². The Hall–Kier alpha value is -3.47. The van der Waals surface area contributed by atoms with E-state index in [1.807, 2.05) is 50.7 Å². The second kappa shape index (κ2) is 9.80. The molecule has 5 rings (SSSR count). The average Bonchev–Trinajstić information content (AvgIpc) is 3.42. The van der Waals surface area contributed by atoms with Crippen molar-refractivity contribution in [1.29, 1.82) is 0 Å². The monoisotopic (exact) mass is 486 g/mol. The Bertz CT molecular complexity index is 1300. The van der Waals surface area contributed by atoms with Crippen LogP contribution in [0.2, 0.25) is 0 Å². The molecule has 0 unspecified atom stereocenters. The smallest absolute Gasteiger partial charge is 0.249 e. The van der Waals surface area contributed by atoms with E-state index in [4.69, 9.17) is 4.52 Å². The van der Waals surface area contributed by atoms with Crippen LogP contribution in [0.25, 0.3) is 17.0 Å². The maximum Gasteiger partial charge on any atom is 0.249 e. The lowest BCUT2D eigenvalue weighted by Gasteiger charge is -2.31. The van der Waals surface area contributed by atoms with Crippen LogP contribution >= 0.6 is 11.9 Å². The first kappa shape index (κ1) is 23.7. The number of benzene rings is 1. The Labute approximate surface area is 199 Å². The predicted molar refractivity (Wildman–Crippen MR) is 128 cm³/mol. The lowest BCUT2D eigenvalue weighted by Crippen LogP contribution is -2.33. The van der Waals surface area contributed by atoms with Crippen LogP contribution in [-0.4, -0.2) is 38.1 Å². The van der Waals surface area contributed by atoms with Crippen LogP contribution < -0.4 is 10.0 Å². The van der Waals surface area contributed by atoms with E-state index in [-0.39, 0.29) is 24.7 Å². The second-order valence-electron chi connectivity index (χ2n) is 8.06. The quantitative estimate of drug-likeness (QED) is 0.276. The minimum atomic E-state index is -2.62. The SMILES string of the molecule is CSNc1ccn2c(C)cnc2c1.Cc1ccc(-c2noc(C3CC(F)(F)C3)n2)cc1NC=O. The molecular weight excluding hydrogens is 462 g/mol. The van der Waals surface area contributed by atoms with Crippen molar-refractivity contribution in [2.75, 3.05) is 16.3 Å². The van der Waals surface area contributed by atoms with Gasteiger partial charge in [-0.1, -0.05) is 29.2 Å². The summed E-state index contributed by atoms with van der Waals surface area (Å²) < 4.78 is 36.0. The minimum Gasteiger partial charge on any atom is -0.339 e. The summed E-state index contributed by atoms with van der Waals surface area (Å²) in [7, 11) is 0. The molecule has 11 heteroatoms. The van der Waals surface area contributed by atoms with Crippen molar-refractivity contribution in [3.63, 3.8) is 0 Å². The van der Waals surface area contributed by atoms with Crippen molar-refractivity contribution in [3.8, 4) is 11.4 Å². The molecule has 1 aliphatic carbocycles. The highest BCUT2D eigenvalue weighted by Gasteiger charge is 2.48. The molecule has 2 N–H and O–H groups in total. The number of nitrogens with one attached hydrogen (secondary N) is 2. The van der Waals surface area contributed by atoms with E-state index < -0.39 is 5.92 Å². The number of anilines is 2. The van der Waals surface area contributed by atoms with Gasteiger partial charge in [-0.25, -0.2) is 13.8 Å². The van der Waals surface area contributed by atoms with Gasteiger partial charge in [0.1, 0.15) is 5.65 Å². The van der Waals surface area contributed by atoms with Crippen molar-refractivity contribution in [3.05, 3.63) is 59.9 Å². The summed E-state index contributed by atoms with van der Waals surface area (Å²) in [6, 6.07) is 9.39. The van der Waals surface area contributed by atoms with E-state index >= 15 is 0 Å². The number of pyridine rings is 1. The molecule has 0 spiro atoms. The van der Waals surface area contributed by atoms with Crippen LogP contribution in [0.1, 0.15) is 35.9 Å². The molecule has 0 aliphatic heterocycles. The molecule has 1 saturated carbocycles. The highest BCUT2D eigenvalue weighted by molar-refractivity contribution is 7.99. The zero-order valence-electron chi connectivity index (χ0n) is 18.9. The molecule has 178 valence electrons. The lowest BCUT2D eigenvalue weighted by molar-refractivity contribution is -0.105. The fourth-order valence-corrected chi connectivity index (χ4v) is 3.99. The maximum absolute atomic E-state index is 12.9. The number of carbonyl (C=O) groups is 1. The van der Waals surface area contributed by atoms with E-state index in [1.54, 1.807) is 24.1 Å². The number of carbonyl (C=O) groups excluding carboxylic acids is 1. The van der Waals surface area contributed by atoms with Gasteiger partial charge >= 0.3 is 0 Å². The minimum absolute atomic E-state index is 0.237. The zero-order chi connectivity index (χ0) is 24.3. The van der Waals surface area contributed by atoms with Crippen molar-refractivity contribution < 1.29 is 18.1 Å². The number of hydrogen-bond donors (Lipinski definition) is 2. The largest absolute Gasteiger partial charge is 0.339 e. The van der Waals surface area contributed by atoms with Gasteiger partial charge in [-0.15, -0.1) is 0 Å². The third-order valence-electron chi connectivity index (χ3n) is 5.51. The van der Waals surface area contributed by atoms with E-state index in [0.29, 0.717) is 23.5 Å². The van der Waals surface area contributed by atoms with Gasteiger partial charge < -0.3 is 19.0 Å². The van der Waals surface area contributed by atoms with Crippen molar-refractivity contribution >= 4 is 35.4 Å². The fourth-order valence-electron chi connectivity index (χ4n) is 3.62. The summed E-state index contributed by atoms with van der Waals surface area (Å²) >= 11 is 1.58. The van der Waals surface area contributed by atoms with Crippen LogP contribution in [0.5, 0.6) is 0 Å². The Balaban J connectivity index is 0.000000180. The topological polar surface area (TPSA) is 97.3 Å². The molecular formula is C23H24F2N6O2S. The zero-order valence-corrected chi connectivity index (χ0v) is 19.7. The molecule has 4 aromatic rings. The van der Waals surface area contributed by atoms with E-state index in [2.05, 4.69) is 29.6 Å². The first-order valence-electron chi connectivity index (χ1n) is 10.5. The van der Waals surface area contributed by atoms with Crippen LogP contribution in [0.3, 0.4) is 0 Å². The molecule has 0 radical (unpaired) electrons. The first-order valence-corrected chi connectivity index (χ1v) is 11.8. The van der Waals surface area contributed by atoms with Gasteiger partial charge in [-0.05, 0) is 31.5 Å². The standard InChI is InChI=1S/C14H13F2N3O2.C9H11N3S/c1-8-2-3-9(4-11(8)17-7-20)12-18-13(21-19-12)10-5-14(15,16)6-10;1-7-6-10-9-5-8(11-13-2)3-4-12(7)9/h2-4,7,10H,5-6H2,1H3,(H,17,20);3-6,11H,1-2H3. The second-order valence-corrected chi connectivity index (χ2v) is 8.67. The molecule has 3 aromatic heterocycles. The normalized spacial score (nSPS) is 14.7. The molecule has 1 fully saturated rings. The van der Waals surface area contributed by atoms with E-state index in [1.165, 1.54) is 0 Å². The molecule has 1 aromatic carbocycles. The third-order valence-corrected chi connectivity index (χ3v) is 5.95. The molecule has 0 bridgehead atoms. The Morgan fingerprint density at radius 1 is 1.24 bits per heavy atom. The summed E-state index contributed by atoms with van der Waals surface area (Å²) in [4.78, 5) is 19.0. The van der Waals surface area contributed by atoms with Crippen LogP contribution in [-0.2, 0) is 4.79 Å². The molecule has 34 heavy (non-hydrogen) atoms. The van der Waals surface area contributed by atoms with E-state index in [0.717, 1.165) is 22.6 Å². The highest BCUT2D eigenvalue weighted by Crippen LogP contribution is 2.47. The molecule has 3 heterocycles. The molecule has 8 nitrogen and oxygen atoms in total. The Morgan fingerprint density at radius 2 is 2.03 bits per heavy atom.